The number of carbonyl (C=O) groups is 1. The van der Waals surface area contributed by atoms with E-state index in [1.807, 2.05) is 28.9 Å². The van der Waals surface area contributed by atoms with Gasteiger partial charge in [0, 0.05) is 18.5 Å². The molecule has 2 N–H and O–H groups in total. The van der Waals surface area contributed by atoms with Gasteiger partial charge in [-0.1, -0.05) is 24.3 Å². The van der Waals surface area contributed by atoms with Crippen molar-refractivity contribution in [3.63, 3.8) is 0 Å². The Labute approximate surface area is 206 Å². The van der Waals surface area contributed by atoms with Gasteiger partial charge in [0.2, 0.25) is 0 Å². The lowest BCUT2D eigenvalue weighted by atomic mass is 10.0. The molecule has 1 fully saturated rings. The molecule has 2 aromatic carbocycles. The number of nitrogens with two attached hydrogens (primary N) is 1. The van der Waals surface area contributed by atoms with Gasteiger partial charge in [0.25, 0.3) is 0 Å². The number of halogens is 2. The first kappa shape index (κ1) is 23.4. The normalized spacial score (nSPS) is 15.7. The summed E-state index contributed by atoms with van der Waals surface area (Å²) in [4.78, 5) is 22.7. The summed E-state index contributed by atoms with van der Waals surface area (Å²) < 4.78 is 29.1. The number of Topliss-reactive ketones (excluding diaryl/α,β-unsaturated/α-hetero) is 1. The molecule has 1 atom stereocenters. The van der Waals surface area contributed by atoms with Gasteiger partial charge in [-0.25, -0.2) is 23.4 Å². The van der Waals surface area contributed by atoms with Gasteiger partial charge in [0.05, 0.1) is 23.5 Å². The molecular weight excluding hydrogens is 464 g/mol. The number of hydrogen-bond acceptors (Lipinski definition) is 7. The van der Waals surface area contributed by atoms with E-state index in [0.29, 0.717) is 35.5 Å². The maximum absolute atomic E-state index is 13.9. The topological polar surface area (TPSA) is 114 Å². The van der Waals surface area contributed by atoms with E-state index in [-0.39, 0.29) is 18.0 Å². The number of likely N-dealkylation sites (tertiary alicyclic amines) is 1. The molecule has 0 bridgehead atoms. The number of piperidine rings is 1. The van der Waals surface area contributed by atoms with E-state index >= 15 is 0 Å². The standard InChI is InChI=1S/C26H23F2N7O/c27-18-8-9-21(28)20(12-18)22(36)10-5-16-3-6-17(7-4-16)24-23-25(30)31-15-32-26(23)35(33-24)19-2-1-11-34(13-19)14-29/h3-4,6-9,12,15,19H,1-2,5,10-11,13H2,(H2,30,31,32). The molecular formula is C26H23F2N7O. The van der Waals surface area contributed by atoms with Crippen LogP contribution >= 0.6 is 0 Å². The van der Waals surface area contributed by atoms with E-state index < -0.39 is 17.4 Å². The van der Waals surface area contributed by atoms with E-state index in [1.165, 1.54) is 6.33 Å². The lowest BCUT2D eigenvalue weighted by molar-refractivity contribution is 0.0978. The van der Waals surface area contributed by atoms with E-state index in [4.69, 9.17) is 10.8 Å². The average molecular weight is 488 g/mol. The highest BCUT2D eigenvalue weighted by Crippen LogP contribution is 2.33. The SMILES string of the molecule is N#CN1CCCC(n2nc(-c3ccc(CCC(=O)c4cc(F)ccc4F)cc3)c3c(N)ncnc32)C1. The molecule has 1 aliphatic rings. The maximum atomic E-state index is 13.9. The quantitative estimate of drug-likeness (QED) is 0.319. The van der Waals surface area contributed by atoms with E-state index in [2.05, 4.69) is 16.2 Å². The molecule has 0 radical (unpaired) electrons. The molecule has 3 heterocycles. The van der Waals surface area contributed by atoms with Gasteiger partial charge in [-0.2, -0.15) is 10.4 Å². The van der Waals surface area contributed by atoms with Crippen LogP contribution in [0.3, 0.4) is 0 Å². The summed E-state index contributed by atoms with van der Waals surface area (Å²) >= 11 is 0. The van der Waals surface area contributed by atoms with Crippen molar-refractivity contribution in [2.24, 2.45) is 0 Å². The number of benzene rings is 2. The van der Waals surface area contributed by atoms with Crippen molar-refractivity contribution in [2.45, 2.75) is 31.7 Å². The van der Waals surface area contributed by atoms with Crippen LogP contribution < -0.4 is 5.73 Å². The number of nitriles is 1. The van der Waals surface area contributed by atoms with Crippen LogP contribution in [0.25, 0.3) is 22.3 Å². The first-order chi connectivity index (χ1) is 17.4. The van der Waals surface area contributed by atoms with Gasteiger partial charge < -0.3 is 10.6 Å². The van der Waals surface area contributed by atoms with Crippen molar-refractivity contribution < 1.29 is 13.6 Å². The molecule has 8 nitrogen and oxygen atoms in total. The largest absolute Gasteiger partial charge is 0.383 e. The molecule has 1 unspecified atom stereocenters. The lowest BCUT2D eigenvalue weighted by Crippen LogP contribution is -2.33. The number of carbonyl (C=O) groups excluding carboxylic acids is 1. The second-order valence-corrected chi connectivity index (χ2v) is 8.84. The number of fused-ring (bicyclic) bond motifs is 1. The van der Waals surface area contributed by atoms with Crippen LogP contribution in [-0.4, -0.2) is 43.5 Å². The lowest BCUT2D eigenvalue weighted by Gasteiger charge is -2.28. The third-order valence-electron chi connectivity index (χ3n) is 6.50. The monoisotopic (exact) mass is 487 g/mol. The predicted molar refractivity (Wildman–Crippen MR) is 130 cm³/mol. The number of aromatic nitrogens is 4. The van der Waals surface area contributed by atoms with Gasteiger partial charge in [-0.15, -0.1) is 0 Å². The fourth-order valence-electron chi connectivity index (χ4n) is 4.63. The smallest absolute Gasteiger partial charge is 0.179 e. The molecule has 5 rings (SSSR count). The van der Waals surface area contributed by atoms with Crippen LogP contribution in [0.5, 0.6) is 0 Å². The molecule has 0 amide bonds. The number of rotatable bonds is 6. The molecule has 2 aromatic heterocycles. The zero-order valence-electron chi connectivity index (χ0n) is 19.4. The van der Waals surface area contributed by atoms with Crippen molar-refractivity contribution in [1.29, 1.82) is 5.26 Å². The first-order valence-electron chi connectivity index (χ1n) is 11.7. The molecule has 36 heavy (non-hydrogen) atoms. The van der Waals surface area contributed by atoms with Crippen LogP contribution in [0.4, 0.5) is 14.6 Å². The van der Waals surface area contributed by atoms with Crippen molar-refractivity contribution >= 4 is 22.6 Å². The Bertz CT molecular complexity index is 1480. The maximum Gasteiger partial charge on any atom is 0.179 e. The molecule has 1 aliphatic heterocycles. The van der Waals surface area contributed by atoms with Gasteiger partial charge in [0.1, 0.15) is 29.5 Å². The van der Waals surface area contributed by atoms with Crippen LogP contribution in [0.2, 0.25) is 0 Å². The van der Waals surface area contributed by atoms with Gasteiger partial charge in [-0.05, 0) is 43.0 Å². The summed E-state index contributed by atoms with van der Waals surface area (Å²) in [5.41, 5.74) is 8.91. The Balaban J connectivity index is 1.39. The van der Waals surface area contributed by atoms with Gasteiger partial charge in [0.15, 0.2) is 17.6 Å². The zero-order valence-corrected chi connectivity index (χ0v) is 19.4. The summed E-state index contributed by atoms with van der Waals surface area (Å²) in [5.74, 6) is -1.51. The second-order valence-electron chi connectivity index (χ2n) is 8.84. The third kappa shape index (κ3) is 4.47. The van der Waals surface area contributed by atoms with Gasteiger partial charge in [-0.3, -0.25) is 4.79 Å². The Morgan fingerprint density at radius 1 is 1.17 bits per heavy atom. The summed E-state index contributed by atoms with van der Waals surface area (Å²) in [6, 6.07) is 10.4. The van der Waals surface area contributed by atoms with Crippen LogP contribution in [0.1, 0.15) is 41.2 Å². The molecule has 10 heteroatoms. The highest BCUT2D eigenvalue weighted by Gasteiger charge is 2.26. The molecule has 0 spiro atoms. The second kappa shape index (κ2) is 9.70. The van der Waals surface area contributed by atoms with Crippen LogP contribution in [-0.2, 0) is 6.42 Å². The summed E-state index contributed by atoms with van der Waals surface area (Å²) in [6.45, 7) is 1.28. The Morgan fingerprint density at radius 2 is 1.97 bits per heavy atom. The first-order valence-corrected chi connectivity index (χ1v) is 11.7. The van der Waals surface area contributed by atoms with Crippen LogP contribution in [0.15, 0.2) is 48.8 Å². The van der Waals surface area contributed by atoms with E-state index in [0.717, 1.165) is 48.7 Å². The number of aryl methyl sites for hydroxylation is 1. The minimum atomic E-state index is -0.727. The molecule has 4 aromatic rings. The number of ketones is 1. The fraction of sp³-hybridized carbons (Fsp3) is 0.269. The number of nitrogens with zero attached hydrogens (tertiary/aromatic N) is 6. The van der Waals surface area contributed by atoms with Crippen molar-refractivity contribution in [3.05, 3.63) is 71.6 Å². The van der Waals surface area contributed by atoms with E-state index in [1.54, 1.807) is 4.90 Å². The third-order valence-corrected chi connectivity index (χ3v) is 6.50. The number of hydrogen-bond donors (Lipinski definition) is 1. The van der Waals surface area contributed by atoms with Gasteiger partial charge >= 0.3 is 0 Å². The number of anilines is 1. The number of nitrogen functional groups attached to an aromatic ring is 1. The van der Waals surface area contributed by atoms with Crippen LogP contribution in [0, 0.1) is 23.1 Å². The molecule has 0 aliphatic carbocycles. The van der Waals surface area contributed by atoms with Crippen molar-refractivity contribution in [1.82, 2.24) is 24.6 Å². The zero-order chi connectivity index (χ0) is 25.2. The highest BCUT2D eigenvalue weighted by atomic mass is 19.1. The summed E-state index contributed by atoms with van der Waals surface area (Å²) in [5, 5.41) is 14.8. The molecule has 1 saturated heterocycles. The predicted octanol–water partition coefficient (Wildman–Crippen LogP) is 4.29. The Kier molecular flexibility index (Phi) is 6.29. The summed E-state index contributed by atoms with van der Waals surface area (Å²) in [7, 11) is 0. The average Bonchev–Trinajstić information content (AvgIpc) is 3.30. The van der Waals surface area contributed by atoms with Crippen molar-refractivity contribution in [2.75, 3.05) is 18.8 Å². The summed E-state index contributed by atoms with van der Waals surface area (Å²) in [6.07, 6.45) is 5.80. The highest BCUT2D eigenvalue weighted by molar-refractivity contribution is 5.98. The van der Waals surface area contributed by atoms with Crippen molar-refractivity contribution in [3.8, 4) is 17.5 Å². The Morgan fingerprint density at radius 3 is 2.75 bits per heavy atom. The molecule has 0 saturated carbocycles. The Hall–Kier alpha value is -4.39. The molecule has 182 valence electrons. The minimum Gasteiger partial charge on any atom is -0.383 e. The minimum absolute atomic E-state index is 0.0162. The fourth-order valence-corrected chi connectivity index (χ4v) is 4.63. The van der Waals surface area contributed by atoms with E-state index in [9.17, 15) is 18.8 Å².